The second-order valence-electron chi connectivity index (χ2n) is 5.73. The lowest BCUT2D eigenvalue weighted by molar-refractivity contribution is -0.149. The van der Waals surface area contributed by atoms with Crippen LogP contribution in [-0.2, 0) is 14.3 Å². The third kappa shape index (κ3) is 3.30. The zero-order valence-corrected chi connectivity index (χ0v) is 12.0. The largest absolute Gasteiger partial charge is 0.479 e. The van der Waals surface area contributed by atoms with E-state index in [1.165, 1.54) is 0 Å². The summed E-state index contributed by atoms with van der Waals surface area (Å²) < 4.78 is 5.39. The first-order valence-corrected chi connectivity index (χ1v) is 7.49. The molecule has 2 heterocycles. The van der Waals surface area contributed by atoms with E-state index >= 15 is 0 Å². The number of aliphatic carboxylic acids is 1. The van der Waals surface area contributed by atoms with Crippen LogP contribution in [0, 0.1) is 0 Å². The van der Waals surface area contributed by atoms with Crippen molar-refractivity contribution in [1.82, 2.24) is 10.6 Å². The second kappa shape index (κ2) is 6.54. The van der Waals surface area contributed by atoms with Crippen LogP contribution in [0.1, 0.15) is 45.4 Å². The zero-order chi connectivity index (χ0) is 14.6. The van der Waals surface area contributed by atoms with Crippen LogP contribution >= 0.6 is 0 Å². The highest BCUT2D eigenvalue weighted by molar-refractivity contribution is 5.86. The molecule has 6 nitrogen and oxygen atoms in total. The van der Waals surface area contributed by atoms with Gasteiger partial charge in [0.25, 0.3) is 0 Å². The van der Waals surface area contributed by atoms with Gasteiger partial charge in [-0.1, -0.05) is 13.3 Å². The van der Waals surface area contributed by atoms with E-state index in [-0.39, 0.29) is 12.0 Å². The maximum absolute atomic E-state index is 12.4. The highest BCUT2D eigenvalue weighted by atomic mass is 16.5. The van der Waals surface area contributed by atoms with E-state index in [1.807, 2.05) is 0 Å². The molecule has 3 atom stereocenters. The highest BCUT2D eigenvalue weighted by Gasteiger charge is 2.40. The highest BCUT2D eigenvalue weighted by Crippen LogP contribution is 2.25. The Morgan fingerprint density at radius 3 is 2.80 bits per heavy atom. The fourth-order valence-corrected chi connectivity index (χ4v) is 3.17. The summed E-state index contributed by atoms with van der Waals surface area (Å²) in [5, 5.41) is 15.1. The first kappa shape index (κ1) is 15.3. The van der Waals surface area contributed by atoms with E-state index in [9.17, 15) is 9.59 Å². The Hall–Kier alpha value is -1.14. The minimum atomic E-state index is -0.918. The van der Waals surface area contributed by atoms with Gasteiger partial charge >= 0.3 is 5.97 Å². The van der Waals surface area contributed by atoms with Crippen LogP contribution in [0.5, 0.6) is 0 Å². The average molecular weight is 284 g/mol. The van der Waals surface area contributed by atoms with Crippen LogP contribution in [0.15, 0.2) is 0 Å². The average Bonchev–Trinajstić information content (AvgIpc) is 3.06. The molecule has 2 rings (SSSR count). The molecule has 0 aromatic heterocycles. The maximum Gasteiger partial charge on any atom is 0.332 e. The standard InChI is InChI=1S/C14H24N2O4/c1-2-6-14(7-3-8-16-14)13(19)15-9-10-4-5-11(20-10)12(17)18/h10-11,16H,2-9H2,1H3,(H,15,19)(H,17,18). The normalized spacial score (nSPS) is 33.2. The lowest BCUT2D eigenvalue weighted by Crippen LogP contribution is -2.54. The van der Waals surface area contributed by atoms with Crippen molar-refractivity contribution < 1.29 is 19.4 Å². The van der Waals surface area contributed by atoms with Crippen molar-refractivity contribution in [1.29, 1.82) is 0 Å². The van der Waals surface area contributed by atoms with Gasteiger partial charge in [-0.2, -0.15) is 0 Å². The number of carbonyl (C=O) groups is 2. The number of amides is 1. The molecule has 6 heteroatoms. The Bertz CT molecular complexity index is 366. The molecule has 2 fully saturated rings. The summed E-state index contributed by atoms with van der Waals surface area (Å²) in [6.07, 6.45) is 4.00. The molecule has 0 spiro atoms. The summed E-state index contributed by atoms with van der Waals surface area (Å²) in [4.78, 5) is 23.2. The molecule has 3 unspecified atom stereocenters. The molecule has 0 aromatic carbocycles. The van der Waals surface area contributed by atoms with Crippen molar-refractivity contribution in [3.8, 4) is 0 Å². The molecule has 0 bridgehead atoms. The van der Waals surface area contributed by atoms with E-state index in [1.54, 1.807) is 0 Å². The zero-order valence-electron chi connectivity index (χ0n) is 12.0. The van der Waals surface area contributed by atoms with Gasteiger partial charge in [0.2, 0.25) is 5.91 Å². The fraction of sp³-hybridized carbons (Fsp3) is 0.857. The van der Waals surface area contributed by atoms with Crippen LogP contribution in [0.25, 0.3) is 0 Å². The molecular formula is C14H24N2O4. The predicted octanol–water partition coefficient (Wildman–Crippen LogP) is 0.657. The van der Waals surface area contributed by atoms with Gasteiger partial charge in [-0.15, -0.1) is 0 Å². The minimum Gasteiger partial charge on any atom is -0.479 e. The summed E-state index contributed by atoms with van der Waals surface area (Å²) in [7, 11) is 0. The van der Waals surface area contributed by atoms with Gasteiger partial charge in [0.15, 0.2) is 6.10 Å². The lowest BCUT2D eigenvalue weighted by Gasteiger charge is -2.28. The molecule has 2 aliphatic rings. The summed E-state index contributed by atoms with van der Waals surface area (Å²) in [6, 6.07) is 0. The molecule has 2 saturated heterocycles. The van der Waals surface area contributed by atoms with Gasteiger partial charge in [-0.05, 0) is 38.6 Å². The molecule has 3 N–H and O–H groups in total. The molecule has 0 aliphatic carbocycles. The maximum atomic E-state index is 12.4. The number of carbonyl (C=O) groups excluding carboxylic acids is 1. The molecular weight excluding hydrogens is 260 g/mol. The third-order valence-corrected chi connectivity index (χ3v) is 4.23. The van der Waals surface area contributed by atoms with Gasteiger partial charge in [-0.3, -0.25) is 4.79 Å². The molecule has 1 amide bonds. The van der Waals surface area contributed by atoms with Crippen molar-refractivity contribution >= 4 is 11.9 Å². The Labute approximate surface area is 119 Å². The molecule has 0 aromatic rings. The number of carboxylic acids is 1. The third-order valence-electron chi connectivity index (χ3n) is 4.23. The predicted molar refractivity (Wildman–Crippen MR) is 73.4 cm³/mol. The van der Waals surface area contributed by atoms with Gasteiger partial charge in [0.05, 0.1) is 11.6 Å². The Balaban J connectivity index is 1.81. The summed E-state index contributed by atoms with van der Waals surface area (Å²) >= 11 is 0. The number of hydrogen-bond donors (Lipinski definition) is 3. The fourth-order valence-electron chi connectivity index (χ4n) is 3.17. The van der Waals surface area contributed by atoms with Gasteiger partial charge in [-0.25, -0.2) is 4.79 Å². The molecule has 114 valence electrons. The van der Waals surface area contributed by atoms with Crippen molar-refractivity contribution in [3.05, 3.63) is 0 Å². The van der Waals surface area contributed by atoms with Crippen LogP contribution < -0.4 is 10.6 Å². The summed E-state index contributed by atoms with van der Waals surface area (Å²) in [5.41, 5.74) is -0.431. The molecule has 2 aliphatic heterocycles. The van der Waals surface area contributed by atoms with E-state index in [0.29, 0.717) is 19.4 Å². The van der Waals surface area contributed by atoms with Gasteiger partial charge in [0.1, 0.15) is 0 Å². The van der Waals surface area contributed by atoms with Crippen LogP contribution in [0.4, 0.5) is 0 Å². The summed E-state index contributed by atoms with van der Waals surface area (Å²) in [5.74, 6) is -0.891. The van der Waals surface area contributed by atoms with E-state index in [4.69, 9.17) is 9.84 Å². The van der Waals surface area contributed by atoms with Crippen molar-refractivity contribution in [2.24, 2.45) is 0 Å². The lowest BCUT2D eigenvalue weighted by atomic mass is 9.91. The van der Waals surface area contributed by atoms with E-state index < -0.39 is 17.6 Å². The van der Waals surface area contributed by atoms with Crippen LogP contribution in [0.3, 0.4) is 0 Å². The van der Waals surface area contributed by atoms with E-state index in [0.717, 1.165) is 32.2 Å². The minimum absolute atomic E-state index is 0.0271. The van der Waals surface area contributed by atoms with Crippen molar-refractivity contribution in [2.45, 2.75) is 63.2 Å². The Morgan fingerprint density at radius 2 is 2.25 bits per heavy atom. The van der Waals surface area contributed by atoms with Crippen LogP contribution in [-0.4, -0.2) is 47.8 Å². The van der Waals surface area contributed by atoms with Gasteiger partial charge in [0, 0.05) is 6.54 Å². The number of ether oxygens (including phenoxy) is 1. The molecule has 0 saturated carbocycles. The SMILES string of the molecule is CCCC1(C(=O)NCC2CCC(C(=O)O)O2)CCCN1. The number of rotatable bonds is 6. The summed E-state index contributed by atoms with van der Waals surface area (Å²) in [6.45, 7) is 3.36. The first-order valence-electron chi connectivity index (χ1n) is 7.49. The molecule has 0 radical (unpaired) electrons. The number of nitrogens with one attached hydrogen (secondary N) is 2. The Morgan fingerprint density at radius 1 is 1.45 bits per heavy atom. The second-order valence-corrected chi connectivity index (χ2v) is 5.73. The number of hydrogen-bond acceptors (Lipinski definition) is 4. The smallest absolute Gasteiger partial charge is 0.332 e. The Kier molecular flexibility index (Phi) is 4.99. The number of carboxylic acid groups (broad SMARTS) is 1. The first-order chi connectivity index (χ1) is 9.57. The topological polar surface area (TPSA) is 87.7 Å². The van der Waals surface area contributed by atoms with Crippen molar-refractivity contribution in [2.75, 3.05) is 13.1 Å². The van der Waals surface area contributed by atoms with Crippen molar-refractivity contribution in [3.63, 3.8) is 0 Å². The monoisotopic (exact) mass is 284 g/mol. The molecule has 20 heavy (non-hydrogen) atoms. The van der Waals surface area contributed by atoms with Gasteiger partial charge < -0.3 is 20.5 Å². The van der Waals surface area contributed by atoms with Crippen LogP contribution in [0.2, 0.25) is 0 Å². The quantitative estimate of drug-likeness (QED) is 0.667. The van der Waals surface area contributed by atoms with E-state index in [2.05, 4.69) is 17.6 Å².